The van der Waals surface area contributed by atoms with E-state index < -0.39 is 15.6 Å². The number of imide groups is 6. The molecule has 8 atom stereocenters. The summed E-state index contributed by atoms with van der Waals surface area (Å²) in [5, 5.41) is 26.6. The summed E-state index contributed by atoms with van der Waals surface area (Å²) in [6, 6.07) is -1.25. The van der Waals surface area contributed by atoms with E-state index in [4.69, 9.17) is 5.11 Å². The fourth-order valence-electron chi connectivity index (χ4n) is 22.0. The Hall–Kier alpha value is -7.50. The average Bonchev–Trinajstić information content (AvgIpc) is 1.63. The number of fused-ring (bicyclic) bond motifs is 5. The van der Waals surface area contributed by atoms with E-state index in [9.17, 15) is 70.7 Å². The van der Waals surface area contributed by atoms with E-state index in [-0.39, 0.29) is 108 Å². The van der Waals surface area contributed by atoms with Crippen LogP contribution in [0.2, 0.25) is 0 Å². The number of piperidine rings is 2. The Morgan fingerprint density at radius 1 is 0.383 bits per heavy atom. The van der Waals surface area contributed by atoms with Gasteiger partial charge < -0.3 is 74.5 Å². The van der Waals surface area contributed by atoms with Crippen molar-refractivity contribution in [2.75, 3.05) is 295 Å². The van der Waals surface area contributed by atoms with Gasteiger partial charge in [-0.05, 0) is 132 Å². The van der Waals surface area contributed by atoms with Crippen molar-refractivity contribution in [3.8, 4) is 0 Å². The number of aliphatic hydroxyl groups is 1. The highest BCUT2D eigenvalue weighted by molar-refractivity contribution is 7.88. The fourth-order valence-corrected chi connectivity index (χ4v) is 22.9. The van der Waals surface area contributed by atoms with Crippen LogP contribution in [0.3, 0.4) is 0 Å². The lowest BCUT2D eigenvalue weighted by molar-refractivity contribution is -0.131. The zero-order valence-electron chi connectivity index (χ0n) is 96.3. The molecular weight excluding hydrogens is 1930 g/mol. The summed E-state index contributed by atoms with van der Waals surface area (Å²) in [5.74, 6) is 6.68. The molecule has 1 spiro atoms. The molecular formula is C106H200N26O16S. The molecule has 8 N–H and O–H groups in total. The van der Waals surface area contributed by atoms with Gasteiger partial charge >= 0.3 is 36.2 Å². The van der Waals surface area contributed by atoms with E-state index in [1.54, 1.807) is 42.8 Å². The van der Waals surface area contributed by atoms with Crippen LogP contribution in [0.15, 0.2) is 0 Å². The second kappa shape index (κ2) is 62.3. The number of nitrogens with one attached hydrogen (secondary N) is 7. The highest BCUT2D eigenvalue weighted by atomic mass is 32.2. The molecule has 0 bridgehead atoms. The Morgan fingerprint density at radius 3 is 1.19 bits per heavy atom. The third-order valence-corrected chi connectivity index (χ3v) is 31.8. The summed E-state index contributed by atoms with van der Waals surface area (Å²) in [5.41, 5.74) is -0.647. The molecule has 0 aromatic rings. The summed E-state index contributed by atoms with van der Waals surface area (Å²) in [7, 11) is 0.788. The molecule has 5 unspecified atom stereocenters. The summed E-state index contributed by atoms with van der Waals surface area (Å²) < 4.78 is 24.0. The second-order valence-electron chi connectivity index (χ2n) is 47.8. The minimum absolute atomic E-state index is 0.0645. The van der Waals surface area contributed by atoms with Gasteiger partial charge in [-0.15, -0.1) is 0 Å². The van der Waals surface area contributed by atoms with E-state index in [0.717, 1.165) is 206 Å². The van der Waals surface area contributed by atoms with Gasteiger partial charge in [-0.2, -0.15) is 4.31 Å². The Balaban J connectivity index is 0.000000222. The van der Waals surface area contributed by atoms with Gasteiger partial charge in [0.05, 0.1) is 18.9 Å². The third kappa shape index (κ3) is 42.3. The van der Waals surface area contributed by atoms with Crippen molar-refractivity contribution in [3.63, 3.8) is 0 Å². The largest absolute Gasteiger partial charge is 0.395 e. The SMILES string of the molecule is CC(=O)N1CCN(CC(C)C)CC1.CC(C)CN1CCC2(C1)NC(=O)NC2=O.CC(C)CN1CCN(C)CC1.CC(C)CN1CCN(CCO)CC1.CC(C)CN1CCN(S(C)(=O)=O)CC1.CC(C)CN1CCN2C(=O)NC(=O)C2C1.CC(C)CN1CCNCC1.CC(C)N1CCN2C(=O)N(C)C(=O)C2C1.CC(C)N1CCN2C(=O)NC(=O)CC2C1.CC(C)[C@H]1CCC2C(=O)NC(=O)N2C1.CC(C)[C@H]1CC[C@H]2C(=O)NC(=O)N2C1. The second-order valence-corrected chi connectivity index (χ2v) is 49.8. The number of carbonyl (C=O) groups is 13. The fraction of sp³-hybridized carbons (Fsp3) is 0.877. The zero-order valence-corrected chi connectivity index (χ0v) is 97.1. The van der Waals surface area contributed by atoms with Crippen LogP contribution >= 0.6 is 0 Å². The van der Waals surface area contributed by atoms with E-state index >= 15 is 0 Å². The number of rotatable bonds is 21. The molecule has 0 aromatic carbocycles. The first-order valence-electron chi connectivity index (χ1n) is 56.2. The maximum atomic E-state index is 11.8. The van der Waals surface area contributed by atoms with Crippen molar-refractivity contribution in [2.24, 2.45) is 65.1 Å². The lowest BCUT2D eigenvalue weighted by atomic mass is 9.85. The van der Waals surface area contributed by atoms with Gasteiger partial charge in [0.15, 0.2) is 0 Å². The monoisotopic (exact) mass is 2130 g/mol. The molecule has 43 heteroatoms. The first-order valence-corrected chi connectivity index (χ1v) is 58.0. The first kappa shape index (κ1) is 128. The average molecular weight is 2130 g/mol. The standard InChI is InChI=1S/4C10H17N3O2.2C10H16N2O2.C10H20N2O.C10H22N2O.C9H20N2O2S.C9H20N2.C8H18N2/c1-7(2)12-4-5-13-8(6-12)9(14)11(3)10(13)15;1-7(2)12-3-4-13-8(6-12)5-9(14)11-10(13)15;1-7(2)5-13-4-3-10(6-13)8(14)11-9(15)12-10;1-7(2)5-12-3-4-13-8(6-12)9(14)11-10(13)15;2*1-6(2)7-3-4-8-9(13)11-10(14)12(8)5-7;1-9(2)8-11-4-6-12(7-5-11)10(3)13;1-10(2)9-12-5-3-11(4-6-12)7-8-13;1-9(2)8-10-4-6-11(7-5-10)14(3,12)13;1-9(2)8-11-6-4-10(3)5-7-11;1-8(2)7-10-5-3-9-4-6-10/h7-8H,4-6H2,1-3H3;7-8H,3-6H2,1-2H3,(H,11,14,15);7H,3-6H2,1-2H3,(H2,11,12,14,15);7-8H,3-6H2,1-2H3,(H,11,14,15);2*6-8H,3-5H2,1-2H3,(H,11,13,14);9H,4-8H2,1-3H3;10,13H,3-9H2,1-2H3;9H,4-8H2,1-3H3;9H,4-8H2,1-3H3;8-9H,3-7H2,1-2H3/t;;;;7-,8?;7-,8-;;;;;/m....00...../s1. The van der Waals surface area contributed by atoms with Crippen LogP contribution in [0.5, 0.6) is 0 Å². The molecule has 0 saturated carbocycles. The molecule has 17 aliphatic rings. The zero-order chi connectivity index (χ0) is 111. The van der Waals surface area contributed by atoms with E-state index in [1.807, 2.05) is 4.90 Å². The molecule has 0 radical (unpaired) electrons. The highest BCUT2D eigenvalue weighted by Gasteiger charge is 2.52. The van der Waals surface area contributed by atoms with Gasteiger partial charge in [0, 0.05) is 301 Å². The summed E-state index contributed by atoms with van der Waals surface area (Å²) >= 11 is 0. The van der Waals surface area contributed by atoms with E-state index in [0.29, 0.717) is 112 Å². The Kier molecular flexibility index (Phi) is 53.7. The molecule has 856 valence electrons. The van der Waals surface area contributed by atoms with Crippen molar-refractivity contribution < 1.29 is 75.9 Å². The molecule has 17 fully saturated rings. The van der Waals surface area contributed by atoms with Crippen LogP contribution in [-0.2, 0) is 43.6 Å². The Bertz CT molecular complexity index is 4240. The lowest BCUT2D eigenvalue weighted by Crippen LogP contribution is -2.63. The predicted octanol–water partition coefficient (Wildman–Crippen LogP) is 4.46. The van der Waals surface area contributed by atoms with Gasteiger partial charge in [0.25, 0.3) is 29.5 Å². The lowest BCUT2D eigenvalue weighted by Gasteiger charge is -2.44. The molecule has 42 nitrogen and oxygen atoms in total. The minimum atomic E-state index is -2.97. The third-order valence-electron chi connectivity index (χ3n) is 30.5. The number of aliphatic hydroxyl groups excluding tert-OH is 1. The van der Waals surface area contributed by atoms with Crippen molar-refractivity contribution in [1.82, 2.24) is 130 Å². The highest BCUT2D eigenvalue weighted by Crippen LogP contribution is 2.33. The topological polar surface area (TPSA) is 422 Å². The number of urea groups is 6. The number of piperazine rings is 8. The molecule has 17 saturated heterocycles. The van der Waals surface area contributed by atoms with Gasteiger partial charge in [-0.3, -0.25) is 89.5 Å². The van der Waals surface area contributed by atoms with E-state index in [2.05, 4.69) is 250 Å². The molecule has 0 aliphatic carbocycles. The van der Waals surface area contributed by atoms with E-state index in [1.165, 1.54) is 83.1 Å². The maximum Gasteiger partial charge on any atom is 0.327 e. The van der Waals surface area contributed by atoms with Crippen LogP contribution in [0.1, 0.15) is 198 Å². The number of hydrogen-bond donors (Lipinski definition) is 8. The van der Waals surface area contributed by atoms with Gasteiger partial charge in [-0.25, -0.2) is 37.2 Å². The van der Waals surface area contributed by atoms with Crippen LogP contribution in [0.25, 0.3) is 0 Å². The predicted molar refractivity (Wildman–Crippen MR) is 583 cm³/mol. The normalized spacial score (nSPS) is 26.3. The molecule has 17 aliphatic heterocycles. The van der Waals surface area contributed by atoms with Gasteiger partial charge in [-0.1, -0.05) is 125 Å². The summed E-state index contributed by atoms with van der Waals surface area (Å²) in [6.07, 6.45) is 6.19. The number of sulfonamides is 1. The number of nitrogens with zero attached hydrogens (tertiary/aromatic N) is 19. The van der Waals surface area contributed by atoms with Crippen LogP contribution < -0.4 is 37.2 Å². The van der Waals surface area contributed by atoms with Crippen LogP contribution in [0.4, 0.5) is 28.8 Å². The van der Waals surface area contributed by atoms with Gasteiger partial charge in [0.1, 0.15) is 29.7 Å². The number of amides is 19. The summed E-state index contributed by atoms with van der Waals surface area (Å²) in [6.45, 7) is 90.2. The Labute approximate surface area is 894 Å². The van der Waals surface area contributed by atoms with Crippen molar-refractivity contribution in [3.05, 3.63) is 0 Å². The number of likely N-dealkylation sites (N-methyl/N-ethyl adjacent to an activating group) is 2. The van der Waals surface area contributed by atoms with Crippen LogP contribution in [0, 0.1) is 65.1 Å². The first-order chi connectivity index (χ1) is 70.0. The smallest absolute Gasteiger partial charge is 0.327 e. The molecule has 149 heavy (non-hydrogen) atoms. The van der Waals surface area contributed by atoms with Crippen LogP contribution in [-0.4, -0.2) is 527 Å². The van der Waals surface area contributed by atoms with Crippen molar-refractivity contribution in [1.29, 1.82) is 0 Å². The molecule has 19 amide bonds. The molecule has 0 aromatic heterocycles. The summed E-state index contributed by atoms with van der Waals surface area (Å²) in [4.78, 5) is 186. The minimum Gasteiger partial charge on any atom is -0.395 e. The van der Waals surface area contributed by atoms with Gasteiger partial charge in [0.2, 0.25) is 21.8 Å². The number of likely N-dealkylation sites (tertiary alicyclic amines) is 1. The molecule has 17 rings (SSSR count). The number of hydrogen-bond acceptors (Lipinski definition) is 28. The Morgan fingerprint density at radius 2 is 0.765 bits per heavy atom. The van der Waals surface area contributed by atoms with Crippen molar-refractivity contribution >= 4 is 87.6 Å². The van der Waals surface area contributed by atoms with Crippen molar-refractivity contribution in [2.45, 2.75) is 246 Å². The number of β-amino-alcohol motifs (C(OH)–C–C–N with tert-alkyl or cyclic N) is 1. The number of carbonyl (C=O) groups excluding carboxylic acids is 13. The molecule has 17 heterocycles. The maximum absolute atomic E-state index is 11.8. The quantitative estimate of drug-likeness (QED) is 0.0735.